The largest absolute Gasteiger partial charge is 0.350 e. The van der Waals surface area contributed by atoms with Gasteiger partial charge in [0.25, 0.3) is 5.56 Å². The monoisotopic (exact) mass is 403 g/mol. The molecule has 0 amide bonds. The summed E-state index contributed by atoms with van der Waals surface area (Å²) in [6.07, 6.45) is 5.62. The van der Waals surface area contributed by atoms with Gasteiger partial charge in [-0.25, -0.2) is 4.79 Å². The van der Waals surface area contributed by atoms with Crippen LogP contribution in [0.3, 0.4) is 0 Å². The lowest BCUT2D eigenvalue weighted by molar-refractivity contribution is 0.698. The molecule has 0 saturated heterocycles. The molecule has 0 spiro atoms. The summed E-state index contributed by atoms with van der Waals surface area (Å²) in [5.74, 6) is 0. The van der Waals surface area contributed by atoms with Crippen molar-refractivity contribution in [2.45, 2.75) is 25.7 Å². The van der Waals surface area contributed by atoms with E-state index in [0.29, 0.717) is 10.2 Å². The van der Waals surface area contributed by atoms with Gasteiger partial charge in [-0.15, -0.1) is 16.0 Å². The molecule has 5 nitrogen and oxygen atoms in total. The minimum absolute atomic E-state index is 0.332. The zero-order valence-electron chi connectivity index (χ0n) is 12.7. The van der Waals surface area contributed by atoms with E-state index in [-0.39, 0.29) is 5.56 Å². The van der Waals surface area contributed by atoms with E-state index in [2.05, 4.69) is 26.0 Å². The molecule has 4 rings (SSSR count). The summed E-state index contributed by atoms with van der Waals surface area (Å²) in [6, 6.07) is 7.48. The van der Waals surface area contributed by atoms with Gasteiger partial charge in [0, 0.05) is 9.35 Å². The van der Waals surface area contributed by atoms with Crippen LogP contribution < -0.4 is 11.2 Å². The van der Waals surface area contributed by atoms with Gasteiger partial charge in [-0.05, 0) is 48.9 Å². The minimum atomic E-state index is -0.501. The first-order valence-electron chi connectivity index (χ1n) is 7.73. The smallest absolute Gasteiger partial charge is 0.297 e. The highest BCUT2D eigenvalue weighted by molar-refractivity contribution is 9.10. The molecular weight excluding hydrogens is 390 g/mol. The molecule has 1 aliphatic carbocycles. The second kappa shape index (κ2) is 6.14. The Hall–Kier alpha value is -1.99. The molecule has 7 heteroatoms. The van der Waals surface area contributed by atoms with Gasteiger partial charge in [0.05, 0.1) is 11.6 Å². The summed E-state index contributed by atoms with van der Waals surface area (Å²) in [5, 5.41) is 4.74. The lowest BCUT2D eigenvalue weighted by atomic mass is 9.97. The molecule has 24 heavy (non-hydrogen) atoms. The Balaban J connectivity index is 1.85. The van der Waals surface area contributed by atoms with Crippen molar-refractivity contribution in [3.8, 4) is 0 Å². The molecule has 3 aromatic rings. The first kappa shape index (κ1) is 15.5. The molecule has 1 N–H and O–H groups in total. The summed E-state index contributed by atoms with van der Waals surface area (Å²) >= 11 is 4.90. The third-order valence-corrected chi connectivity index (χ3v) is 5.92. The molecule has 1 aliphatic rings. The highest BCUT2D eigenvalue weighted by Crippen LogP contribution is 2.32. The fraction of sp³-hybridized carbons (Fsp3) is 0.235. The number of rotatable bonds is 2. The van der Waals surface area contributed by atoms with E-state index in [1.807, 2.05) is 24.3 Å². The van der Waals surface area contributed by atoms with Crippen LogP contribution in [-0.4, -0.2) is 15.9 Å². The number of fused-ring (bicyclic) bond motifs is 3. The number of nitrogens with one attached hydrogen (secondary N) is 1. The van der Waals surface area contributed by atoms with E-state index >= 15 is 0 Å². The van der Waals surface area contributed by atoms with Crippen LogP contribution >= 0.6 is 27.3 Å². The van der Waals surface area contributed by atoms with Gasteiger partial charge < -0.3 is 0 Å². The molecule has 0 fully saturated rings. The number of nitrogens with zero attached hydrogens (tertiary/aromatic N) is 2. The van der Waals surface area contributed by atoms with Gasteiger partial charge in [-0.1, -0.05) is 28.1 Å². The van der Waals surface area contributed by atoms with Gasteiger partial charge in [0.2, 0.25) is 0 Å². The maximum atomic E-state index is 12.8. The fourth-order valence-corrected chi connectivity index (χ4v) is 4.54. The van der Waals surface area contributed by atoms with Crippen LogP contribution in [0.4, 0.5) is 0 Å². The summed E-state index contributed by atoms with van der Waals surface area (Å²) < 4.78 is 1.88. The Kier molecular flexibility index (Phi) is 3.97. The normalized spacial score (nSPS) is 14.4. The van der Waals surface area contributed by atoms with Crippen molar-refractivity contribution in [3.63, 3.8) is 0 Å². The van der Waals surface area contributed by atoms with Crippen molar-refractivity contribution in [3.05, 3.63) is 65.6 Å². The van der Waals surface area contributed by atoms with Crippen molar-refractivity contribution < 1.29 is 0 Å². The molecule has 0 unspecified atom stereocenters. The molecule has 122 valence electrons. The van der Waals surface area contributed by atoms with E-state index in [0.717, 1.165) is 46.0 Å². The topological polar surface area (TPSA) is 67.2 Å². The van der Waals surface area contributed by atoms with Crippen molar-refractivity contribution >= 4 is 43.7 Å². The van der Waals surface area contributed by atoms with Gasteiger partial charge in [-0.2, -0.15) is 5.10 Å². The van der Waals surface area contributed by atoms with Crippen molar-refractivity contribution in [2.75, 3.05) is 0 Å². The summed E-state index contributed by atoms with van der Waals surface area (Å²) in [6.45, 7) is 0. The number of aromatic nitrogens is 2. The zero-order valence-corrected chi connectivity index (χ0v) is 15.1. The summed E-state index contributed by atoms with van der Waals surface area (Å²) in [7, 11) is 0. The lowest BCUT2D eigenvalue weighted by Crippen LogP contribution is -2.32. The van der Waals surface area contributed by atoms with Crippen LogP contribution in [-0.2, 0) is 12.8 Å². The van der Waals surface area contributed by atoms with Gasteiger partial charge >= 0.3 is 5.69 Å². The Bertz CT molecular complexity index is 1060. The van der Waals surface area contributed by atoms with Crippen molar-refractivity contribution in [1.29, 1.82) is 0 Å². The SMILES string of the molecule is O=c1[nH]c2sc3c(c2c(=O)n1/N=C\c1ccc(Br)cc1)CCCC3. The maximum Gasteiger partial charge on any atom is 0.350 e. The Morgan fingerprint density at radius 1 is 1.17 bits per heavy atom. The third-order valence-electron chi connectivity index (χ3n) is 4.18. The number of thiophene rings is 1. The average molecular weight is 404 g/mol. The first-order chi connectivity index (χ1) is 11.6. The molecule has 0 saturated carbocycles. The second-order valence-electron chi connectivity index (χ2n) is 5.76. The van der Waals surface area contributed by atoms with Crippen LogP contribution in [0.1, 0.15) is 28.8 Å². The summed E-state index contributed by atoms with van der Waals surface area (Å²) in [5.41, 5.74) is 1.08. The van der Waals surface area contributed by atoms with Crippen molar-refractivity contribution in [1.82, 2.24) is 9.66 Å². The molecule has 0 aliphatic heterocycles. The van der Waals surface area contributed by atoms with E-state index in [9.17, 15) is 9.59 Å². The number of aryl methyl sites for hydroxylation is 2. The third kappa shape index (κ3) is 2.67. The highest BCUT2D eigenvalue weighted by Gasteiger charge is 2.20. The molecular formula is C17H14BrN3O2S. The van der Waals surface area contributed by atoms with Gasteiger partial charge in [0.15, 0.2) is 0 Å². The highest BCUT2D eigenvalue weighted by atomic mass is 79.9. The molecule has 2 heterocycles. The zero-order chi connectivity index (χ0) is 16.7. The van der Waals surface area contributed by atoms with Crippen LogP contribution in [0.15, 0.2) is 43.4 Å². The lowest BCUT2D eigenvalue weighted by Gasteiger charge is -2.09. The number of halogens is 1. The van der Waals surface area contributed by atoms with Crippen LogP contribution in [0.25, 0.3) is 10.2 Å². The number of benzene rings is 1. The summed E-state index contributed by atoms with van der Waals surface area (Å²) in [4.78, 5) is 29.7. The number of aromatic amines is 1. The second-order valence-corrected chi connectivity index (χ2v) is 7.78. The Morgan fingerprint density at radius 3 is 2.71 bits per heavy atom. The van der Waals surface area contributed by atoms with Gasteiger partial charge in [-0.3, -0.25) is 9.78 Å². The molecule has 0 radical (unpaired) electrons. The Morgan fingerprint density at radius 2 is 1.92 bits per heavy atom. The molecule has 2 aromatic heterocycles. The Labute approximate surface area is 149 Å². The molecule has 0 atom stereocenters. The number of hydrogen-bond donors (Lipinski definition) is 1. The minimum Gasteiger partial charge on any atom is -0.297 e. The fourth-order valence-electron chi connectivity index (χ4n) is 3.01. The van der Waals surface area contributed by atoms with E-state index in [4.69, 9.17) is 0 Å². The van der Waals surface area contributed by atoms with E-state index in [1.165, 1.54) is 22.4 Å². The van der Waals surface area contributed by atoms with Crippen molar-refractivity contribution in [2.24, 2.45) is 5.10 Å². The molecule has 1 aromatic carbocycles. The van der Waals surface area contributed by atoms with E-state index < -0.39 is 5.69 Å². The maximum absolute atomic E-state index is 12.8. The van der Waals surface area contributed by atoms with Crippen LogP contribution in [0.5, 0.6) is 0 Å². The average Bonchev–Trinajstić information content (AvgIpc) is 2.94. The van der Waals surface area contributed by atoms with Crippen LogP contribution in [0.2, 0.25) is 0 Å². The molecule has 0 bridgehead atoms. The predicted octanol–water partition coefficient (Wildman–Crippen LogP) is 3.27. The van der Waals surface area contributed by atoms with E-state index in [1.54, 1.807) is 0 Å². The first-order valence-corrected chi connectivity index (χ1v) is 9.34. The standard InChI is InChI=1S/C17H14BrN3O2S/c18-11-7-5-10(6-8-11)9-19-21-16(22)14-12-3-1-2-4-13(12)24-15(14)20-17(21)23/h5-9H,1-4H2,(H,20,23)/b19-9-. The predicted molar refractivity (Wildman–Crippen MR) is 100 cm³/mol. The number of H-pyrrole nitrogens is 1. The quantitative estimate of drug-likeness (QED) is 0.667. The van der Waals surface area contributed by atoms with Crippen LogP contribution in [0, 0.1) is 0 Å². The number of hydrogen-bond acceptors (Lipinski definition) is 4. The van der Waals surface area contributed by atoms with Gasteiger partial charge in [0.1, 0.15) is 4.83 Å².